The summed E-state index contributed by atoms with van der Waals surface area (Å²) in [6, 6.07) is 0.756. The van der Waals surface area contributed by atoms with Crippen LogP contribution in [-0.2, 0) is 11.8 Å². The molecule has 18 heavy (non-hydrogen) atoms. The molecule has 2 heterocycles. The highest BCUT2D eigenvalue weighted by Gasteiger charge is 2.28. The second-order valence-corrected chi connectivity index (χ2v) is 5.98. The van der Waals surface area contributed by atoms with Crippen LogP contribution in [0.25, 0.3) is 0 Å². The van der Waals surface area contributed by atoms with Crippen LogP contribution in [-0.4, -0.2) is 38.2 Å². The van der Waals surface area contributed by atoms with E-state index in [1.807, 2.05) is 17.8 Å². The molecule has 2 atom stereocenters. The van der Waals surface area contributed by atoms with Crippen molar-refractivity contribution in [1.82, 2.24) is 14.5 Å². The Kier molecular flexibility index (Phi) is 4.32. The summed E-state index contributed by atoms with van der Waals surface area (Å²) in [5.41, 5.74) is 0. The zero-order chi connectivity index (χ0) is 13.1. The van der Waals surface area contributed by atoms with Crippen LogP contribution in [0.4, 0.5) is 0 Å². The fraction of sp³-hybridized carbons (Fsp3) is 0.692. The van der Waals surface area contributed by atoms with E-state index in [2.05, 4.69) is 23.7 Å². The number of imidazole rings is 1. The summed E-state index contributed by atoms with van der Waals surface area (Å²) in [4.78, 5) is 18.6. The average molecular weight is 267 g/mol. The average Bonchev–Trinajstić information content (AvgIpc) is 2.72. The van der Waals surface area contributed by atoms with Gasteiger partial charge in [-0.05, 0) is 33.1 Å². The molecule has 0 N–H and O–H groups in total. The van der Waals surface area contributed by atoms with Gasteiger partial charge in [0.25, 0.3) is 0 Å². The van der Waals surface area contributed by atoms with Crippen molar-refractivity contribution in [2.75, 3.05) is 5.75 Å². The lowest BCUT2D eigenvalue weighted by atomic mass is 9.98. The number of hydrogen-bond acceptors (Lipinski definition) is 3. The van der Waals surface area contributed by atoms with Gasteiger partial charge in [-0.2, -0.15) is 0 Å². The van der Waals surface area contributed by atoms with Crippen LogP contribution < -0.4 is 0 Å². The topological polar surface area (TPSA) is 38.1 Å². The summed E-state index contributed by atoms with van der Waals surface area (Å²) < 4.78 is 1.95. The zero-order valence-corrected chi connectivity index (χ0v) is 12.1. The Morgan fingerprint density at radius 3 is 2.67 bits per heavy atom. The van der Waals surface area contributed by atoms with Gasteiger partial charge in [0.15, 0.2) is 5.16 Å². The van der Waals surface area contributed by atoms with E-state index in [-0.39, 0.29) is 5.91 Å². The van der Waals surface area contributed by atoms with Crippen molar-refractivity contribution in [2.24, 2.45) is 7.05 Å². The number of amides is 1. The molecule has 1 aliphatic heterocycles. The molecule has 0 aliphatic carbocycles. The van der Waals surface area contributed by atoms with Gasteiger partial charge in [-0.15, -0.1) is 0 Å². The van der Waals surface area contributed by atoms with E-state index in [4.69, 9.17) is 0 Å². The third kappa shape index (κ3) is 2.88. The number of hydrogen-bond donors (Lipinski definition) is 0. The molecule has 0 radical (unpaired) electrons. The fourth-order valence-electron chi connectivity index (χ4n) is 2.60. The van der Waals surface area contributed by atoms with Crippen LogP contribution >= 0.6 is 11.8 Å². The second kappa shape index (κ2) is 5.78. The Balaban J connectivity index is 1.93. The molecule has 100 valence electrons. The summed E-state index contributed by atoms with van der Waals surface area (Å²) in [7, 11) is 1.95. The predicted molar refractivity (Wildman–Crippen MR) is 73.6 cm³/mol. The van der Waals surface area contributed by atoms with E-state index < -0.39 is 0 Å². The number of likely N-dealkylation sites (tertiary alicyclic amines) is 1. The van der Waals surface area contributed by atoms with Gasteiger partial charge >= 0.3 is 0 Å². The summed E-state index contributed by atoms with van der Waals surface area (Å²) in [5, 5.41) is 0.903. The zero-order valence-electron chi connectivity index (χ0n) is 11.3. The molecule has 1 amide bonds. The molecule has 0 unspecified atom stereocenters. The SMILES string of the molecule is C[C@@H]1CCC[C@H](C)N1C(=O)CSc1nccn1C. The minimum atomic E-state index is 0.239. The molecular formula is C13H21N3OS. The van der Waals surface area contributed by atoms with E-state index in [0.29, 0.717) is 17.8 Å². The number of carbonyl (C=O) groups excluding carboxylic acids is 1. The van der Waals surface area contributed by atoms with Gasteiger partial charge in [-0.25, -0.2) is 4.98 Å². The maximum Gasteiger partial charge on any atom is 0.233 e. The third-order valence-electron chi connectivity index (χ3n) is 3.58. The lowest BCUT2D eigenvalue weighted by Crippen LogP contribution is -2.48. The first-order chi connectivity index (χ1) is 8.59. The van der Waals surface area contributed by atoms with Crippen LogP contribution in [0, 0.1) is 0 Å². The number of piperidine rings is 1. The number of aryl methyl sites for hydroxylation is 1. The van der Waals surface area contributed by atoms with Gasteiger partial charge in [0.1, 0.15) is 0 Å². The smallest absolute Gasteiger partial charge is 0.233 e. The summed E-state index contributed by atoms with van der Waals surface area (Å²) in [6.45, 7) is 4.30. The molecule has 0 spiro atoms. The van der Waals surface area contributed by atoms with Crippen molar-refractivity contribution in [2.45, 2.75) is 50.4 Å². The van der Waals surface area contributed by atoms with Crippen molar-refractivity contribution in [3.8, 4) is 0 Å². The maximum absolute atomic E-state index is 12.3. The summed E-state index contributed by atoms with van der Waals surface area (Å²) in [6.07, 6.45) is 7.16. The van der Waals surface area contributed by atoms with Crippen LogP contribution in [0.5, 0.6) is 0 Å². The Bertz CT molecular complexity index is 408. The van der Waals surface area contributed by atoms with Crippen LogP contribution in [0.3, 0.4) is 0 Å². The first kappa shape index (κ1) is 13.5. The summed E-state index contributed by atoms with van der Waals surface area (Å²) >= 11 is 1.52. The minimum Gasteiger partial charge on any atom is -0.337 e. The molecule has 1 fully saturated rings. The third-order valence-corrected chi connectivity index (χ3v) is 4.63. The lowest BCUT2D eigenvalue weighted by molar-refractivity contribution is -0.134. The predicted octanol–water partition coefficient (Wildman–Crippen LogP) is 2.30. The molecule has 4 nitrogen and oxygen atoms in total. The second-order valence-electron chi connectivity index (χ2n) is 5.04. The van der Waals surface area contributed by atoms with Crippen molar-refractivity contribution in [3.63, 3.8) is 0 Å². The van der Waals surface area contributed by atoms with Gasteiger partial charge in [-0.3, -0.25) is 4.79 Å². The Hall–Kier alpha value is -0.970. The normalized spacial score (nSPS) is 24.3. The van der Waals surface area contributed by atoms with Gasteiger partial charge in [0.05, 0.1) is 5.75 Å². The minimum absolute atomic E-state index is 0.239. The van der Waals surface area contributed by atoms with Crippen LogP contribution in [0.1, 0.15) is 33.1 Å². The molecule has 1 aromatic heterocycles. The molecule has 1 aromatic rings. The highest BCUT2D eigenvalue weighted by molar-refractivity contribution is 7.99. The molecular weight excluding hydrogens is 246 g/mol. The highest BCUT2D eigenvalue weighted by atomic mass is 32.2. The molecule has 0 aromatic carbocycles. The number of nitrogens with zero attached hydrogens (tertiary/aromatic N) is 3. The van der Waals surface area contributed by atoms with Crippen molar-refractivity contribution in [3.05, 3.63) is 12.4 Å². The molecule has 0 saturated carbocycles. The highest BCUT2D eigenvalue weighted by Crippen LogP contribution is 2.24. The van der Waals surface area contributed by atoms with Crippen molar-refractivity contribution >= 4 is 17.7 Å². The van der Waals surface area contributed by atoms with E-state index >= 15 is 0 Å². The number of thioether (sulfide) groups is 1. The number of rotatable bonds is 3. The molecule has 1 saturated heterocycles. The monoisotopic (exact) mass is 267 g/mol. The number of aromatic nitrogens is 2. The Labute approximate surface area is 113 Å². The fourth-order valence-corrected chi connectivity index (χ4v) is 3.41. The number of carbonyl (C=O) groups is 1. The van der Waals surface area contributed by atoms with E-state index in [0.717, 1.165) is 18.0 Å². The van der Waals surface area contributed by atoms with E-state index in [1.54, 1.807) is 6.20 Å². The molecule has 2 rings (SSSR count). The molecule has 5 heteroatoms. The first-order valence-corrected chi connectivity index (χ1v) is 7.49. The van der Waals surface area contributed by atoms with Crippen LogP contribution in [0.15, 0.2) is 17.6 Å². The van der Waals surface area contributed by atoms with E-state index in [9.17, 15) is 4.79 Å². The van der Waals surface area contributed by atoms with E-state index in [1.165, 1.54) is 18.2 Å². The Morgan fingerprint density at radius 1 is 1.44 bits per heavy atom. The Morgan fingerprint density at radius 2 is 2.11 bits per heavy atom. The van der Waals surface area contributed by atoms with Gasteiger partial charge in [-0.1, -0.05) is 11.8 Å². The maximum atomic E-state index is 12.3. The van der Waals surface area contributed by atoms with Gasteiger partial charge < -0.3 is 9.47 Å². The molecule has 1 aliphatic rings. The first-order valence-electron chi connectivity index (χ1n) is 6.51. The summed E-state index contributed by atoms with van der Waals surface area (Å²) in [5.74, 6) is 0.724. The lowest BCUT2D eigenvalue weighted by Gasteiger charge is -2.39. The largest absolute Gasteiger partial charge is 0.337 e. The standard InChI is InChI=1S/C13H21N3OS/c1-10-5-4-6-11(2)16(10)12(17)9-18-13-14-7-8-15(13)3/h7-8,10-11H,4-6,9H2,1-3H3/t10-,11+. The van der Waals surface area contributed by atoms with Crippen molar-refractivity contribution < 1.29 is 4.79 Å². The quantitative estimate of drug-likeness (QED) is 0.789. The molecule has 0 bridgehead atoms. The van der Waals surface area contributed by atoms with Crippen LogP contribution in [0.2, 0.25) is 0 Å². The van der Waals surface area contributed by atoms with Gasteiger partial charge in [0, 0.05) is 31.5 Å². The van der Waals surface area contributed by atoms with Crippen molar-refractivity contribution in [1.29, 1.82) is 0 Å². The van der Waals surface area contributed by atoms with Gasteiger partial charge in [0.2, 0.25) is 5.91 Å².